The largest absolute Gasteiger partial charge is 0.480 e. The van der Waals surface area contributed by atoms with E-state index in [-0.39, 0.29) is 12.5 Å². The van der Waals surface area contributed by atoms with Gasteiger partial charge in [-0.05, 0) is 40.9 Å². The second-order valence-corrected chi connectivity index (χ2v) is 6.98. The van der Waals surface area contributed by atoms with Crippen molar-refractivity contribution in [2.75, 3.05) is 5.32 Å². The van der Waals surface area contributed by atoms with Crippen molar-refractivity contribution in [1.29, 1.82) is 0 Å². The van der Waals surface area contributed by atoms with Crippen LogP contribution in [0.3, 0.4) is 0 Å². The van der Waals surface area contributed by atoms with Crippen LogP contribution in [0.4, 0.5) is 5.69 Å². The maximum Gasteiger partial charge on any atom is 0.325 e. The molecule has 0 aromatic carbocycles. The molecule has 0 unspecified atom stereocenters. The Morgan fingerprint density at radius 2 is 2.24 bits per heavy atom. The Hall–Kier alpha value is -1.67. The number of carboxylic acid groups (broad SMARTS) is 1. The Bertz CT molecular complexity index is 638. The molecule has 8 heteroatoms. The third-order valence-electron chi connectivity index (χ3n) is 2.67. The summed E-state index contributed by atoms with van der Waals surface area (Å²) in [4.78, 5) is 23.5. The minimum atomic E-state index is -0.974. The number of hydrogen-bond acceptors (Lipinski definition) is 4. The van der Waals surface area contributed by atoms with Gasteiger partial charge < -0.3 is 10.4 Å². The first-order valence-electron chi connectivity index (χ1n) is 6.31. The van der Waals surface area contributed by atoms with Gasteiger partial charge in [0.25, 0.3) is 0 Å². The van der Waals surface area contributed by atoms with Gasteiger partial charge in [-0.2, -0.15) is 5.10 Å². The quantitative estimate of drug-likeness (QED) is 0.783. The number of carboxylic acids is 1. The van der Waals surface area contributed by atoms with Gasteiger partial charge in [0.2, 0.25) is 5.91 Å². The predicted molar refractivity (Wildman–Crippen MR) is 83.4 cm³/mol. The highest BCUT2D eigenvalue weighted by molar-refractivity contribution is 9.11. The summed E-state index contributed by atoms with van der Waals surface area (Å²) < 4.78 is 2.36. The van der Waals surface area contributed by atoms with E-state index in [9.17, 15) is 9.59 Å². The molecule has 0 aliphatic carbocycles. The van der Waals surface area contributed by atoms with Gasteiger partial charge in [0, 0.05) is 17.5 Å². The minimum Gasteiger partial charge on any atom is -0.480 e. The maximum absolute atomic E-state index is 11.8. The van der Waals surface area contributed by atoms with E-state index in [4.69, 9.17) is 5.11 Å². The van der Waals surface area contributed by atoms with Crippen molar-refractivity contribution in [3.63, 3.8) is 0 Å². The van der Waals surface area contributed by atoms with Crippen molar-refractivity contribution in [1.82, 2.24) is 9.78 Å². The average Bonchev–Trinajstić information content (AvgIpc) is 2.98. The van der Waals surface area contributed by atoms with E-state index < -0.39 is 5.97 Å². The summed E-state index contributed by atoms with van der Waals surface area (Å²) in [6, 6.07) is 4.04. The second-order valence-electron chi connectivity index (χ2n) is 4.43. The van der Waals surface area contributed by atoms with Crippen molar-refractivity contribution in [2.24, 2.45) is 0 Å². The van der Waals surface area contributed by atoms with Crippen molar-refractivity contribution in [3.8, 4) is 0 Å². The lowest BCUT2D eigenvalue weighted by molar-refractivity contribution is -0.137. The van der Waals surface area contributed by atoms with Crippen LogP contribution < -0.4 is 5.32 Å². The Morgan fingerprint density at radius 1 is 1.43 bits per heavy atom. The summed E-state index contributed by atoms with van der Waals surface area (Å²) in [6.07, 6.45) is 4.99. The first-order chi connectivity index (χ1) is 10.0. The number of nitrogens with one attached hydrogen (secondary N) is 1. The number of aromatic nitrogens is 2. The highest BCUT2D eigenvalue weighted by atomic mass is 79.9. The molecule has 1 amide bonds. The molecule has 2 rings (SSSR count). The molecule has 0 saturated carbocycles. The van der Waals surface area contributed by atoms with E-state index in [0.717, 1.165) is 16.6 Å². The van der Waals surface area contributed by atoms with Crippen molar-refractivity contribution >= 4 is 44.8 Å². The summed E-state index contributed by atoms with van der Waals surface area (Å²) in [6.45, 7) is -0.219. The molecule has 0 atom stereocenters. The average molecular weight is 372 g/mol. The van der Waals surface area contributed by atoms with Crippen LogP contribution in [0.1, 0.15) is 17.7 Å². The number of carbonyl (C=O) groups is 2. The lowest BCUT2D eigenvalue weighted by Crippen LogP contribution is -2.11. The monoisotopic (exact) mass is 371 g/mol. The van der Waals surface area contributed by atoms with Gasteiger partial charge in [-0.25, -0.2) is 0 Å². The molecule has 2 aromatic heterocycles. The van der Waals surface area contributed by atoms with Crippen LogP contribution in [0.25, 0.3) is 0 Å². The molecule has 2 heterocycles. The normalized spacial score (nSPS) is 10.5. The topological polar surface area (TPSA) is 84.2 Å². The van der Waals surface area contributed by atoms with Crippen LogP contribution in [0, 0.1) is 0 Å². The number of thiophene rings is 1. The summed E-state index contributed by atoms with van der Waals surface area (Å²) in [7, 11) is 0. The number of aryl methyl sites for hydroxylation is 1. The number of nitrogens with zero attached hydrogens (tertiary/aromatic N) is 2. The zero-order valence-corrected chi connectivity index (χ0v) is 13.5. The molecule has 2 N–H and O–H groups in total. The lowest BCUT2D eigenvalue weighted by atomic mass is 10.2. The Morgan fingerprint density at radius 3 is 2.90 bits per heavy atom. The fourth-order valence-corrected chi connectivity index (χ4v) is 3.31. The van der Waals surface area contributed by atoms with E-state index >= 15 is 0 Å². The number of rotatable bonds is 7. The predicted octanol–water partition coefficient (Wildman–Crippen LogP) is 2.75. The van der Waals surface area contributed by atoms with Crippen LogP contribution in [-0.2, 0) is 22.6 Å². The molecular formula is C13H14BrN3O3S. The standard InChI is InChI=1S/C13H14BrN3O3S/c14-11-5-4-10(21-11)2-1-3-12(18)16-9-6-15-17(7-9)8-13(19)20/h4-7H,1-3,8H2,(H,16,18)(H,19,20). The highest BCUT2D eigenvalue weighted by Gasteiger charge is 2.07. The van der Waals surface area contributed by atoms with Crippen molar-refractivity contribution in [3.05, 3.63) is 33.2 Å². The van der Waals surface area contributed by atoms with Crippen molar-refractivity contribution < 1.29 is 14.7 Å². The third-order valence-corrected chi connectivity index (χ3v) is 4.35. The smallest absolute Gasteiger partial charge is 0.325 e. The number of aliphatic carboxylic acids is 1. The van der Waals surface area contributed by atoms with Gasteiger partial charge in [0.05, 0.1) is 15.7 Å². The number of anilines is 1. The van der Waals surface area contributed by atoms with Crippen LogP contribution in [0.2, 0.25) is 0 Å². The maximum atomic E-state index is 11.8. The summed E-state index contributed by atoms with van der Waals surface area (Å²) in [5.41, 5.74) is 0.514. The van der Waals surface area contributed by atoms with E-state index in [2.05, 4.69) is 26.3 Å². The van der Waals surface area contributed by atoms with Gasteiger partial charge in [-0.3, -0.25) is 14.3 Å². The van der Waals surface area contributed by atoms with Gasteiger partial charge in [0.1, 0.15) is 6.54 Å². The summed E-state index contributed by atoms with van der Waals surface area (Å²) in [5.74, 6) is -1.07. The fraction of sp³-hybridized carbons (Fsp3) is 0.308. The lowest BCUT2D eigenvalue weighted by Gasteiger charge is -2.01. The second kappa shape index (κ2) is 7.37. The SMILES string of the molecule is O=C(O)Cn1cc(NC(=O)CCCc2ccc(Br)s2)cn1. The number of hydrogen-bond donors (Lipinski definition) is 2. The summed E-state index contributed by atoms with van der Waals surface area (Å²) >= 11 is 5.07. The van der Waals surface area contributed by atoms with Crippen molar-refractivity contribution in [2.45, 2.75) is 25.8 Å². The summed E-state index contributed by atoms with van der Waals surface area (Å²) in [5, 5.41) is 15.2. The van der Waals surface area contributed by atoms with Crippen LogP contribution in [0.15, 0.2) is 28.3 Å². The first-order valence-corrected chi connectivity index (χ1v) is 7.92. The molecule has 0 aliphatic rings. The molecule has 2 aromatic rings. The number of amides is 1. The Labute approximate surface area is 133 Å². The zero-order chi connectivity index (χ0) is 15.2. The highest BCUT2D eigenvalue weighted by Crippen LogP contribution is 2.23. The molecule has 0 fully saturated rings. The van der Waals surface area contributed by atoms with Crippen LogP contribution in [0.5, 0.6) is 0 Å². The molecule has 0 aliphatic heterocycles. The molecule has 6 nitrogen and oxygen atoms in total. The molecule has 0 saturated heterocycles. The molecule has 0 radical (unpaired) electrons. The first kappa shape index (κ1) is 15.7. The molecule has 112 valence electrons. The third kappa shape index (κ3) is 5.31. The zero-order valence-electron chi connectivity index (χ0n) is 11.1. The number of halogens is 1. The molecular weight excluding hydrogens is 358 g/mol. The van der Waals surface area contributed by atoms with Gasteiger partial charge in [-0.15, -0.1) is 11.3 Å². The van der Waals surface area contributed by atoms with Gasteiger partial charge in [-0.1, -0.05) is 0 Å². The Kier molecular flexibility index (Phi) is 5.51. The van der Waals surface area contributed by atoms with Gasteiger partial charge >= 0.3 is 5.97 Å². The molecule has 21 heavy (non-hydrogen) atoms. The van der Waals surface area contributed by atoms with E-state index in [0.29, 0.717) is 12.1 Å². The van der Waals surface area contributed by atoms with Crippen LogP contribution >= 0.6 is 27.3 Å². The van der Waals surface area contributed by atoms with Gasteiger partial charge in [0.15, 0.2) is 0 Å². The molecule has 0 bridgehead atoms. The Balaban J connectivity index is 1.74. The van der Waals surface area contributed by atoms with E-state index in [1.54, 1.807) is 11.3 Å². The molecule has 0 spiro atoms. The van der Waals surface area contributed by atoms with Crippen LogP contribution in [-0.4, -0.2) is 26.8 Å². The number of carbonyl (C=O) groups excluding carboxylic acids is 1. The minimum absolute atomic E-state index is 0.0968. The van der Waals surface area contributed by atoms with E-state index in [1.165, 1.54) is 22.0 Å². The van der Waals surface area contributed by atoms with E-state index in [1.807, 2.05) is 12.1 Å². The fourth-order valence-electron chi connectivity index (χ4n) is 1.79.